The van der Waals surface area contributed by atoms with Crippen molar-refractivity contribution in [3.05, 3.63) is 95.0 Å². The number of aliphatic hydroxyl groups is 1. The fourth-order valence-electron chi connectivity index (χ4n) is 3.50. The third-order valence-electron chi connectivity index (χ3n) is 5.29. The van der Waals surface area contributed by atoms with E-state index in [-0.39, 0.29) is 23.9 Å². The minimum absolute atomic E-state index is 0.00131. The van der Waals surface area contributed by atoms with Crippen LogP contribution in [0.3, 0.4) is 0 Å². The number of rotatable bonds is 9. The second kappa shape index (κ2) is 11.2. The van der Waals surface area contributed by atoms with Gasteiger partial charge in [-0.05, 0) is 41.5 Å². The van der Waals surface area contributed by atoms with Gasteiger partial charge in [0.25, 0.3) is 5.91 Å². The lowest BCUT2D eigenvalue weighted by atomic mass is 10.0. The molecule has 12 heteroatoms. The van der Waals surface area contributed by atoms with Gasteiger partial charge in [0.2, 0.25) is 5.88 Å². The van der Waals surface area contributed by atoms with Crippen LogP contribution in [0.4, 0.5) is 4.39 Å². The molecule has 0 aliphatic carbocycles. The van der Waals surface area contributed by atoms with Crippen molar-refractivity contribution in [2.24, 2.45) is 0 Å². The van der Waals surface area contributed by atoms with Gasteiger partial charge in [0.1, 0.15) is 5.82 Å². The monoisotopic (exact) mass is 525 g/mol. The number of aliphatic hydroxyl groups excluding tert-OH is 1. The average Bonchev–Trinajstić information content (AvgIpc) is 3.28. The van der Waals surface area contributed by atoms with Crippen molar-refractivity contribution in [1.29, 1.82) is 0 Å². The van der Waals surface area contributed by atoms with Gasteiger partial charge in [-0.15, -0.1) is 0 Å². The van der Waals surface area contributed by atoms with E-state index in [9.17, 15) is 24.2 Å². The molecule has 37 heavy (non-hydrogen) atoms. The SMILES string of the molecule is O=C(NN(Cc1ccc(-c2cc(Cl)ccc2F)cc1)CC(O)C(=O)O)c1cc(O)n(-c2ccccn2)n1. The Bertz CT molecular complexity index is 1420. The number of carbonyl (C=O) groups is 2. The van der Waals surface area contributed by atoms with Gasteiger partial charge in [0, 0.05) is 29.4 Å². The van der Waals surface area contributed by atoms with Gasteiger partial charge in [-0.2, -0.15) is 9.78 Å². The van der Waals surface area contributed by atoms with E-state index in [0.29, 0.717) is 21.7 Å². The lowest BCUT2D eigenvalue weighted by molar-refractivity contribution is -0.148. The number of hydrogen-bond acceptors (Lipinski definition) is 7. The summed E-state index contributed by atoms with van der Waals surface area (Å²) in [5.74, 6) is -2.70. The molecule has 1 atom stereocenters. The standard InChI is InChI=1S/C25H21ClFN5O5/c26-17-8-9-19(27)18(11-17)16-6-4-15(5-7-16)13-31(14-21(33)25(36)37)30-24(35)20-12-23(34)32(29-20)22-3-1-2-10-28-22/h1-12,21,33-34H,13-14H2,(H,30,35)(H,36,37). The number of pyridine rings is 1. The van der Waals surface area contributed by atoms with Crippen LogP contribution in [-0.2, 0) is 11.3 Å². The van der Waals surface area contributed by atoms with Crippen molar-refractivity contribution in [1.82, 2.24) is 25.2 Å². The van der Waals surface area contributed by atoms with Crippen LogP contribution in [0.1, 0.15) is 16.1 Å². The van der Waals surface area contributed by atoms with Crippen LogP contribution in [0.2, 0.25) is 5.02 Å². The molecular formula is C25H21ClFN5O5. The number of benzene rings is 2. The molecule has 4 aromatic rings. The number of aliphatic carboxylic acids is 1. The summed E-state index contributed by atoms with van der Waals surface area (Å²) < 4.78 is 15.3. The lowest BCUT2D eigenvalue weighted by Gasteiger charge is -2.24. The minimum atomic E-state index is -1.79. The van der Waals surface area contributed by atoms with Crippen LogP contribution in [0.5, 0.6) is 5.88 Å². The number of aromatic hydroxyl groups is 1. The molecule has 0 saturated carbocycles. The van der Waals surface area contributed by atoms with E-state index in [2.05, 4.69) is 15.5 Å². The van der Waals surface area contributed by atoms with Gasteiger partial charge >= 0.3 is 5.97 Å². The first-order valence-corrected chi connectivity index (χ1v) is 11.3. The highest BCUT2D eigenvalue weighted by Gasteiger charge is 2.23. The summed E-state index contributed by atoms with van der Waals surface area (Å²) in [4.78, 5) is 28.1. The molecule has 190 valence electrons. The Balaban J connectivity index is 1.53. The topological polar surface area (TPSA) is 141 Å². The Hall–Kier alpha value is -4.32. The Morgan fingerprint density at radius 2 is 1.86 bits per heavy atom. The third kappa shape index (κ3) is 6.28. The lowest BCUT2D eigenvalue weighted by Crippen LogP contribution is -2.47. The molecule has 2 aromatic carbocycles. The summed E-state index contributed by atoms with van der Waals surface area (Å²) >= 11 is 5.97. The number of hydrogen-bond donors (Lipinski definition) is 4. The highest BCUT2D eigenvalue weighted by molar-refractivity contribution is 6.30. The van der Waals surface area contributed by atoms with Crippen LogP contribution in [-0.4, -0.2) is 59.6 Å². The van der Waals surface area contributed by atoms with Gasteiger partial charge in [-0.3, -0.25) is 10.2 Å². The Kier molecular flexibility index (Phi) is 7.77. The minimum Gasteiger partial charge on any atom is -0.493 e. The predicted octanol–water partition coefficient (Wildman–Crippen LogP) is 3.02. The third-order valence-corrected chi connectivity index (χ3v) is 5.53. The highest BCUT2D eigenvalue weighted by atomic mass is 35.5. The zero-order chi connectivity index (χ0) is 26.5. The largest absolute Gasteiger partial charge is 0.493 e. The molecule has 1 unspecified atom stereocenters. The van der Waals surface area contributed by atoms with Crippen molar-refractivity contribution in [2.45, 2.75) is 12.6 Å². The van der Waals surface area contributed by atoms with E-state index in [1.807, 2.05) is 0 Å². The molecule has 2 heterocycles. The molecular weight excluding hydrogens is 505 g/mol. The molecule has 0 bridgehead atoms. The summed E-state index contributed by atoms with van der Waals surface area (Å²) in [6, 6.07) is 17.0. The number of hydrazine groups is 1. The zero-order valence-electron chi connectivity index (χ0n) is 19.1. The summed E-state index contributed by atoms with van der Waals surface area (Å²) in [5.41, 5.74) is 3.86. The van der Waals surface area contributed by atoms with E-state index in [1.54, 1.807) is 42.5 Å². The van der Waals surface area contributed by atoms with Crippen molar-refractivity contribution in [2.75, 3.05) is 6.54 Å². The van der Waals surface area contributed by atoms with Gasteiger partial charge in [0.15, 0.2) is 17.6 Å². The number of carbonyl (C=O) groups excluding carboxylic acids is 1. The normalized spacial score (nSPS) is 11.9. The summed E-state index contributed by atoms with van der Waals surface area (Å²) in [6.07, 6.45) is -0.295. The zero-order valence-corrected chi connectivity index (χ0v) is 19.9. The van der Waals surface area contributed by atoms with Crippen LogP contribution < -0.4 is 5.43 Å². The van der Waals surface area contributed by atoms with E-state index < -0.39 is 30.3 Å². The van der Waals surface area contributed by atoms with E-state index >= 15 is 0 Å². The number of amides is 1. The smallest absolute Gasteiger partial charge is 0.333 e. The van der Waals surface area contributed by atoms with Gasteiger partial charge in [-0.25, -0.2) is 19.2 Å². The average molecular weight is 526 g/mol. The molecule has 1 amide bonds. The number of aromatic nitrogens is 3. The molecule has 0 aliphatic heterocycles. The number of nitrogens with one attached hydrogen (secondary N) is 1. The van der Waals surface area contributed by atoms with Crippen LogP contribution >= 0.6 is 11.6 Å². The Labute approximate surface area is 215 Å². The van der Waals surface area contributed by atoms with E-state index in [1.165, 1.54) is 29.4 Å². The number of halogens is 2. The molecule has 2 aromatic heterocycles. The highest BCUT2D eigenvalue weighted by Crippen LogP contribution is 2.26. The predicted molar refractivity (Wildman–Crippen MR) is 131 cm³/mol. The van der Waals surface area contributed by atoms with Crippen LogP contribution in [0.25, 0.3) is 16.9 Å². The maximum atomic E-state index is 14.2. The molecule has 4 N–H and O–H groups in total. The molecule has 0 aliphatic rings. The van der Waals surface area contributed by atoms with Crippen molar-refractivity contribution >= 4 is 23.5 Å². The summed E-state index contributed by atoms with van der Waals surface area (Å²) in [5, 5.41) is 34.9. The fourth-order valence-corrected chi connectivity index (χ4v) is 3.67. The van der Waals surface area contributed by atoms with Gasteiger partial charge in [0.05, 0.1) is 6.54 Å². The molecule has 0 spiro atoms. The molecule has 10 nitrogen and oxygen atoms in total. The molecule has 4 rings (SSSR count). The summed E-state index contributed by atoms with van der Waals surface area (Å²) in [6.45, 7) is -0.444. The number of carboxylic acids is 1. The first-order valence-electron chi connectivity index (χ1n) is 10.9. The van der Waals surface area contributed by atoms with Crippen molar-refractivity contribution in [3.8, 4) is 22.8 Å². The first kappa shape index (κ1) is 25.8. The van der Waals surface area contributed by atoms with Crippen molar-refractivity contribution < 1.29 is 29.3 Å². The maximum absolute atomic E-state index is 14.2. The van der Waals surface area contributed by atoms with E-state index in [4.69, 9.17) is 16.7 Å². The number of carboxylic acid groups (broad SMARTS) is 1. The number of nitrogens with zero attached hydrogens (tertiary/aromatic N) is 4. The van der Waals surface area contributed by atoms with E-state index in [0.717, 1.165) is 10.7 Å². The van der Waals surface area contributed by atoms with Crippen LogP contribution in [0, 0.1) is 5.82 Å². The Morgan fingerprint density at radius 1 is 1.11 bits per heavy atom. The second-order valence-corrected chi connectivity index (χ2v) is 8.42. The van der Waals surface area contributed by atoms with Gasteiger partial charge in [-0.1, -0.05) is 41.9 Å². The first-order chi connectivity index (χ1) is 17.7. The molecule has 0 saturated heterocycles. The second-order valence-electron chi connectivity index (χ2n) is 7.98. The molecule has 0 radical (unpaired) electrons. The maximum Gasteiger partial charge on any atom is 0.333 e. The summed E-state index contributed by atoms with van der Waals surface area (Å²) in [7, 11) is 0. The van der Waals surface area contributed by atoms with Crippen LogP contribution in [0.15, 0.2) is 72.9 Å². The quantitative estimate of drug-likeness (QED) is 0.244. The molecule has 0 fully saturated rings. The Morgan fingerprint density at radius 3 is 2.54 bits per heavy atom. The van der Waals surface area contributed by atoms with Gasteiger partial charge < -0.3 is 15.3 Å². The van der Waals surface area contributed by atoms with Crippen molar-refractivity contribution in [3.63, 3.8) is 0 Å². The fraction of sp³-hybridized carbons (Fsp3) is 0.120.